The van der Waals surface area contributed by atoms with Gasteiger partial charge in [-0.1, -0.05) is 24.3 Å². The van der Waals surface area contributed by atoms with Crippen LogP contribution in [0.2, 0.25) is 0 Å². The van der Waals surface area contributed by atoms with Gasteiger partial charge in [-0.2, -0.15) is 0 Å². The Labute approximate surface area is 122 Å². The highest BCUT2D eigenvalue weighted by Gasteiger charge is 2.41. The van der Waals surface area contributed by atoms with Crippen LogP contribution in [0.15, 0.2) is 24.3 Å². The molecule has 20 heavy (non-hydrogen) atoms. The van der Waals surface area contributed by atoms with E-state index in [1.165, 1.54) is 37.1 Å². The Morgan fingerprint density at radius 1 is 1.10 bits per heavy atom. The first-order valence-electron chi connectivity index (χ1n) is 7.90. The van der Waals surface area contributed by atoms with Crippen LogP contribution in [-0.2, 0) is 13.1 Å². The molecule has 2 heterocycles. The molecule has 110 valence electrons. The van der Waals surface area contributed by atoms with E-state index in [0.717, 1.165) is 19.6 Å². The Kier molecular flexibility index (Phi) is 3.85. The van der Waals surface area contributed by atoms with Crippen LogP contribution in [0.4, 0.5) is 0 Å². The summed E-state index contributed by atoms with van der Waals surface area (Å²) in [5, 5.41) is 0. The number of rotatable bonds is 3. The van der Waals surface area contributed by atoms with Gasteiger partial charge >= 0.3 is 0 Å². The summed E-state index contributed by atoms with van der Waals surface area (Å²) in [6.45, 7) is 9.89. The van der Waals surface area contributed by atoms with Crippen LogP contribution < -0.4 is 5.73 Å². The van der Waals surface area contributed by atoms with E-state index >= 15 is 0 Å². The zero-order valence-corrected chi connectivity index (χ0v) is 12.8. The van der Waals surface area contributed by atoms with Gasteiger partial charge in [-0.25, -0.2) is 0 Å². The molecule has 0 saturated carbocycles. The largest absolute Gasteiger partial charge is 0.329 e. The zero-order chi connectivity index (χ0) is 14.2. The number of likely N-dealkylation sites (tertiary alicyclic amines) is 1. The van der Waals surface area contributed by atoms with Crippen molar-refractivity contribution in [2.45, 2.75) is 51.4 Å². The van der Waals surface area contributed by atoms with Crippen molar-refractivity contribution in [3.05, 3.63) is 35.4 Å². The van der Waals surface area contributed by atoms with Crippen molar-refractivity contribution < 1.29 is 0 Å². The third kappa shape index (κ3) is 2.39. The summed E-state index contributed by atoms with van der Waals surface area (Å²) in [5.41, 5.74) is 9.41. The SMILES string of the molecule is CC(C)N1CCC(CN)(N2Cc3ccccc3C2)CC1. The molecule has 2 aliphatic rings. The minimum Gasteiger partial charge on any atom is -0.329 e. The monoisotopic (exact) mass is 273 g/mol. The van der Waals surface area contributed by atoms with Crippen molar-refractivity contribution in [2.24, 2.45) is 5.73 Å². The fraction of sp³-hybridized carbons (Fsp3) is 0.647. The molecule has 3 rings (SSSR count). The molecule has 2 N–H and O–H groups in total. The lowest BCUT2D eigenvalue weighted by atomic mass is 9.85. The fourth-order valence-electron chi connectivity index (χ4n) is 3.77. The van der Waals surface area contributed by atoms with Crippen LogP contribution in [0.3, 0.4) is 0 Å². The Hall–Kier alpha value is -0.900. The summed E-state index contributed by atoms with van der Waals surface area (Å²) < 4.78 is 0. The van der Waals surface area contributed by atoms with E-state index in [9.17, 15) is 0 Å². The number of fused-ring (bicyclic) bond motifs is 1. The van der Waals surface area contributed by atoms with Gasteiger partial charge in [-0.3, -0.25) is 4.90 Å². The van der Waals surface area contributed by atoms with Crippen molar-refractivity contribution in [3.63, 3.8) is 0 Å². The van der Waals surface area contributed by atoms with Gasteiger partial charge in [0.1, 0.15) is 0 Å². The molecule has 0 aliphatic carbocycles. The molecule has 1 saturated heterocycles. The molecule has 0 spiro atoms. The van der Waals surface area contributed by atoms with Gasteiger partial charge in [0.05, 0.1) is 0 Å². The highest BCUT2D eigenvalue weighted by molar-refractivity contribution is 5.31. The number of hydrogen-bond acceptors (Lipinski definition) is 3. The highest BCUT2D eigenvalue weighted by atomic mass is 15.3. The van der Waals surface area contributed by atoms with E-state index in [1.54, 1.807) is 0 Å². The maximum absolute atomic E-state index is 6.21. The Balaban J connectivity index is 1.73. The summed E-state index contributed by atoms with van der Waals surface area (Å²) in [6, 6.07) is 9.49. The van der Waals surface area contributed by atoms with Crippen molar-refractivity contribution in [1.82, 2.24) is 9.80 Å². The second kappa shape index (κ2) is 5.47. The quantitative estimate of drug-likeness (QED) is 0.916. The van der Waals surface area contributed by atoms with Crippen LogP contribution in [0.5, 0.6) is 0 Å². The van der Waals surface area contributed by atoms with E-state index in [2.05, 4.69) is 47.9 Å². The number of hydrogen-bond donors (Lipinski definition) is 1. The van der Waals surface area contributed by atoms with Gasteiger partial charge in [0.2, 0.25) is 0 Å². The van der Waals surface area contributed by atoms with Gasteiger partial charge < -0.3 is 10.6 Å². The maximum Gasteiger partial charge on any atom is 0.0363 e. The van der Waals surface area contributed by atoms with Crippen LogP contribution >= 0.6 is 0 Å². The predicted molar refractivity (Wildman–Crippen MR) is 83.4 cm³/mol. The van der Waals surface area contributed by atoms with E-state index in [-0.39, 0.29) is 5.54 Å². The Morgan fingerprint density at radius 3 is 2.10 bits per heavy atom. The minimum atomic E-state index is 0.213. The molecule has 0 radical (unpaired) electrons. The molecule has 1 aromatic carbocycles. The van der Waals surface area contributed by atoms with Gasteiger partial charge in [-0.15, -0.1) is 0 Å². The molecule has 3 nitrogen and oxygen atoms in total. The van der Waals surface area contributed by atoms with E-state index in [1.807, 2.05) is 0 Å². The molecule has 0 atom stereocenters. The number of benzene rings is 1. The van der Waals surface area contributed by atoms with Crippen LogP contribution in [0.25, 0.3) is 0 Å². The third-order valence-corrected chi connectivity index (χ3v) is 5.35. The summed E-state index contributed by atoms with van der Waals surface area (Å²) in [7, 11) is 0. The van der Waals surface area contributed by atoms with Crippen molar-refractivity contribution >= 4 is 0 Å². The first-order chi connectivity index (χ1) is 9.64. The van der Waals surface area contributed by atoms with E-state index in [0.29, 0.717) is 6.04 Å². The molecular formula is C17H27N3. The van der Waals surface area contributed by atoms with Crippen LogP contribution in [0.1, 0.15) is 37.8 Å². The lowest BCUT2D eigenvalue weighted by Crippen LogP contribution is -2.58. The smallest absolute Gasteiger partial charge is 0.0363 e. The second-order valence-electron chi connectivity index (χ2n) is 6.68. The molecule has 0 aromatic heterocycles. The van der Waals surface area contributed by atoms with Crippen LogP contribution in [0, 0.1) is 0 Å². The lowest BCUT2D eigenvalue weighted by molar-refractivity contribution is 0.0149. The average molecular weight is 273 g/mol. The molecule has 0 bridgehead atoms. The number of nitrogens with zero attached hydrogens (tertiary/aromatic N) is 2. The van der Waals surface area contributed by atoms with Gasteiger partial charge in [0, 0.05) is 44.3 Å². The fourth-order valence-corrected chi connectivity index (χ4v) is 3.77. The third-order valence-electron chi connectivity index (χ3n) is 5.35. The molecule has 0 amide bonds. The predicted octanol–water partition coefficient (Wildman–Crippen LogP) is 2.20. The summed E-state index contributed by atoms with van der Waals surface area (Å²) in [5.74, 6) is 0. The van der Waals surface area contributed by atoms with Crippen LogP contribution in [-0.4, -0.2) is 41.0 Å². The van der Waals surface area contributed by atoms with E-state index < -0.39 is 0 Å². The first-order valence-corrected chi connectivity index (χ1v) is 7.90. The van der Waals surface area contributed by atoms with Crippen molar-refractivity contribution in [2.75, 3.05) is 19.6 Å². The molecule has 1 fully saturated rings. The number of piperidine rings is 1. The van der Waals surface area contributed by atoms with Crippen molar-refractivity contribution in [1.29, 1.82) is 0 Å². The van der Waals surface area contributed by atoms with Gasteiger partial charge in [0.15, 0.2) is 0 Å². The van der Waals surface area contributed by atoms with Gasteiger partial charge in [-0.05, 0) is 37.8 Å². The normalized spacial score (nSPS) is 23.2. The second-order valence-corrected chi connectivity index (χ2v) is 6.68. The Morgan fingerprint density at radius 2 is 1.65 bits per heavy atom. The average Bonchev–Trinajstić information content (AvgIpc) is 2.91. The summed E-state index contributed by atoms with van der Waals surface area (Å²) in [4.78, 5) is 5.21. The van der Waals surface area contributed by atoms with Crippen molar-refractivity contribution in [3.8, 4) is 0 Å². The highest BCUT2D eigenvalue weighted by Crippen LogP contribution is 2.35. The molecule has 3 heteroatoms. The molecule has 1 aromatic rings. The summed E-state index contributed by atoms with van der Waals surface area (Å²) in [6.07, 6.45) is 2.41. The molecule has 2 aliphatic heterocycles. The molecular weight excluding hydrogens is 246 g/mol. The maximum atomic E-state index is 6.21. The lowest BCUT2D eigenvalue weighted by Gasteiger charge is -2.48. The topological polar surface area (TPSA) is 32.5 Å². The van der Waals surface area contributed by atoms with Gasteiger partial charge in [0.25, 0.3) is 0 Å². The molecule has 0 unspecified atom stereocenters. The minimum absolute atomic E-state index is 0.213. The summed E-state index contributed by atoms with van der Waals surface area (Å²) >= 11 is 0. The number of nitrogens with two attached hydrogens (primary N) is 1. The zero-order valence-electron chi connectivity index (χ0n) is 12.8. The standard InChI is InChI=1S/C17H27N3/c1-14(2)19-9-7-17(13-18,8-10-19)20-11-15-5-3-4-6-16(15)12-20/h3-6,14H,7-13,18H2,1-2H3. The van der Waals surface area contributed by atoms with E-state index in [4.69, 9.17) is 5.73 Å². The Bertz CT molecular complexity index is 436. The first kappa shape index (κ1) is 14.1.